The van der Waals surface area contributed by atoms with E-state index in [9.17, 15) is 39.9 Å². The molecule has 0 aliphatic heterocycles. The van der Waals surface area contributed by atoms with Gasteiger partial charge in [-0.25, -0.2) is 0 Å². The van der Waals surface area contributed by atoms with E-state index in [4.69, 9.17) is 10.5 Å². The van der Waals surface area contributed by atoms with Crippen LogP contribution >= 0.6 is 0 Å². The highest BCUT2D eigenvalue weighted by Crippen LogP contribution is 2.54. The zero-order valence-electron chi connectivity index (χ0n) is 25.0. The maximum absolute atomic E-state index is 14.1. The molecule has 8 N–H and O–H groups in total. The lowest BCUT2D eigenvalue weighted by molar-refractivity contribution is -0.153. The molecular weight excluding hydrogens is 572 g/mol. The van der Waals surface area contributed by atoms with Crippen molar-refractivity contribution in [3.8, 4) is 17.2 Å². The number of rotatable bonds is 7. The Balaban J connectivity index is 1.64. The molecule has 44 heavy (non-hydrogen) atoms. The summed E-state index contributed by atoms with van der Waals surface area (Å²) in [7, 11) is 8.12. The van der Waals surface area contributed by atoms with Crippen LogP contribution in [0.25, 0.3) is 5.76 Å². The monoisotopic (exact) mass is 608 g/mol. The maximum atomic E-state index is 14.1. The summed E-state index contributed by atoms with van der Waals surface area (Å²) in [5.41, 5.74) is 3.65. The number of nitrogens with two attached hydrogens (primary N) is 1. The van der Waals surface area contributed by atoms with E-state index in [2.05, 4.69) is 5.32 Å². The molecule has 0 saturated heterocycles. The molecule has 4 atom stereocenters. The number of primary amides is 1. The van der Waals surface area contributed by atoms with Gasteiger partial charge in [0, 0.05) is 37.8 Å². The predicted octanol–water partition coefficient (Wildman–Crippen LogP) is 1.36. The van der Waals surface area contributed by atoms with Crippen LogP contribution in [0.3, 0.4) is 0 Å². The van der Waals surface area contributed by atoms with Crippen molar-refractivity contribution >= 4 is 34.6 Å². The molecule has 0 unspecified atom stereocenters. The zero-order chi connectivity index (χ0) is 32.4. The van der Waals surface area contributed by atoms with E-state index >= 15 is 0 Å². The van der Waals surface area contributed by atoms with Crippen molar-refractivity contribution in [1.29, 1.82) is 0 Å². The van der Waals surface area contributed by atoms with Crippen LogP contribution in [-0.4, -0.2) is 94.8 Å². The normalized spacial score (nSPS) is 24.6. The van der Waals surface area contributed by atoms with Crippen LogP contribution in [0.1, 0.15) is 23.1 Å². The number of hydrogen-bond donors (Lipinski definition) is 7. The standard InChI is InChI=1S/C31H36N4O9/c1-34(2)18-11-17(33-12-13-6-7-20(44-5)19(36)8-13)25(37)22-15(18)9-14-10-16-24(35(3)4)27(39)23(30(32)42)29(41)31(16,43)28(40)21(14)26(22)38/h6-8,11,14,16,24,33,36-38,41,43H,9-10,12H2,1-5H3,(H2,32,42)/t14-,16-,24-,31+/m1/s1. The largest absolute Gasteiger partial charge is 0.508 e. The van der Waals surface area contributed by atoms with Crippen molar-refractivity contribution in [2.75, 3.05) is 45.5 Å². The Kier molecular flexibility index (Phi) is 7.50. The number of nitrogens with one attached hydrogen (secondary N) is 1. The third-order valence-corrected chi connectivity index (χ3v) is 8.91. The van der Waals surface area contributed by atoms with Crippen molar-refractivity contribution in [3.05, 3.63) is 57.9 Å². The van der Waals surface area contributed by atoms with Gasteiger partial charge in [0.15, 0.2) is 22.9 Å². The average Bonchev–Trinajstić information content (AvgIpc) is 2.94. The zero-order valence-corrected chi connectivity index (χ0v) is 25.0. The van der Waals surface area contributed by atoms with Gasteiger partial charge < -0.3 is 46.2 Å². The Labute approximate surface area is 253 Å². The fourth-order valence-electron chi connectivity index (χ4n) is 6.87. The Morgan fingerprint density at radius 3 is 2.36 bits per heavy atom. The fraction of sp³-hybridized carbons (Fsp3) is 0.387. The van der Waals surface area contributed by atoms with Crippen molar-refractivity contribution in [2.24, 2.45) is 17.6 Å². The van der Waals surface area contributed by atoms with E-state index in [0.29, 0.717) is 22.6 Å². The average molecular weight is 609 g/mol. The van der Waals surface area contributed by atoms with Crippen LogP contribution in [0.5, 0.6) is 17.2 Å². The van der Waals surface area contributed by atoms with Crippen LogP contribution in [0.4, 0.5) is 11.4 Å². The third kappa shape index (κ3) is 4.42. The number of phenolic OH excluding ortho intramolecular Hbond substituents is 2. The first kappa shape index (κ1) is 30.7. The van der Waals surface area contributed by atoms with Gasteiger partial charge >= 0.3 is 0 Å². The van der Waals surface area contributed by atoms with Gasteiger partial charge in [0.25, 0.3) is 5.91 Å². The summed E-state index contributed by atoms with van der Waals surface area (Å²) in [6, 6.07) is 5.38. The van der Waals surface area contributed by atoms with E-state index in [0.717, 1.165) is 0 Å². The van der Waals surface area contributed by atoms with Crippen molar-refractivity contribution in [2.45, 2.75) is 31.0 Å². The number of aliphatic hydroxyl groups is 3. The first-order chi connectivity index (χ1) is 20.6. The van der Waals surface area contributed by atoms with E-state index < -0.39 is 58.0 Å². The van der Waals surface area contributed by atoms with Gasteiger partial charge in [0.2, 0.25) is 5.78 Å². The Morgan fingerprint density at radius 2 is 1.80 bits per heavy atom. The smallest absolute Gasteiger partial charge is 0.255 e. The molecule has 0 heterocycles. The lowest BCUT2D eigenvalue weighted by Crippen LogP contribution is -2.65. The number of ketones is 2. The van der Waals surface area contributed by atoms with E-state index in [1.165, 1.54) is 18.1 Å². The number of hydrogen-bond acceptors (Lipinski definition) is 12. The minimum atomic E-state index is -2.71. The SMILES string of the molecule is COc1ccc(CNc2cc(N(C)C)c3c(c2O)C(O)=C2C(=O)[C@]4(O)C(O)=C(C(N)=O)C(=O)[C@H](N(C)C)[C@H]4C[C@H]2C3)cc1O. The summed E-state index contributed by atoms with van der Waals surface area (Å²) in [4.78, 5) is 42.8. The molecule has 1 amide bonds. The number of methoxy groups -OCH3 is 1. The molecule has 3 aliphatic rings. The molecule has 2 aromatic carbocycles. The van der Waals surface area contributed by atoms with Crippen LogP contribution < -0.4 is 20.7 Å². The van der Waals surface area contributed by atoms with Gasteiger partial charge in [-0.05, 0) is 62.2 Å². The molecular formula is C31H36N4O9. The minimum absolute atomic E-state index is 0.000354. The molecule has 234 valence electrons. The Morgan fingerprint density at radius 1 is 1.11 bits per heavy atom. The molecule has 5 rings (SSSR count). The molecule has 13 nitrogen and oxygen atoms in total. The highest BCUT2D eigenvalue weighted by Gasteiger charge is 2.64. The lowest BCUT2D eigenvalue weighted by Gasteiger charge is -2.50. The number of anilines is 2. The van der Waals surface area contributed by atoms with E-state index in [1.54, 1.807) is 51.3 Å². The number of nitrogens with zero attached hydrogens (tertiary/aromatic N) is 2. The fourth-order valence-corrected chi connectivity index (χ4v) is 6.87. The second-order valence-corrected chi connectivity index (χ2v) is 11.9. The van der Waals surface area contributed by atoms with Crippen LogP contribution in [0.15, 0.2) is 41.2 Å². The Hall–Kier alpha value is -4.75. The van der Waals surface area contributed by atoms with Gasteiger partial charge in [-0.2, -0.15) is 0 Å². The molecule has 1 saturated carbocycles. The quantitative estimate of drug-likeness (QED) is 0.176. The van der Waals surface area contributed by atoms with Gasteiger partial charge in [0.1, 0.15) is 22.8 Å². The number of carbonyl (C=O) groups is 3. The number of likely N-dealkylation sites (N-methyl/N-ethyl adjacent to an activating group) is 1. The summed E-state index contributed by atoms with van der Waals surface area (Å²) < 4.78 is 5.08. The molecule has 0 aromatic heterocycles. The van der Waals surface area contributed by atoms with Gasteiger partial charge in [0.05, 0.1) is 24.4 Å². The molecule has 2 aromatic rings. The summed E-state index contributed by atoms with van der Waals surface area (Å²) >= 11 is 0. The van der Waals surface area contributed by atoms with Crippen molar-refractivity contribution in [3.63, 3.8) is 0 Å². The molecule has 0 radical (unpaired) electrons. The Bertz CT molecular complexity index is 1660. The summed E-state index contributed by atoms with van der Waals surface area (Å²) in [5, 5.41) is 59.2. The van der Waals surface area contributed by atoms with E-state index in [-0.39, 0.29) is 47.7 Å². The van der Waals surface area contributed by atoms with Crippen LogP contribution in [0, 0.1) is 11.8 Å². The highest BCUT2D eigenvalue weighted by molar-refractivity contribution is 6.24. The number of aliphatic hydroxyl groups excluding tert-OH is 2. The minimum Gasteiger partial charge on any atom is -0.508 e. The van der Waals surface area contributed by atoms with Crippen LogP contribution in [-0.2, 0) is 27.3 Å². The first-order valence-electron chi connectivity index (χ1n) is 14.0. The number of phenols is 2. The van der Waals surface area contributed by atoms with Gasteiger partial charge in [-0.15, -0.1) is 0 Å². The molecule has 0 spiro atoms. The van der Waals surface area contributed by atoms with Crippen molar-refractivity contribution in [1.82, 2.24) is 4.90 Å². The molecule has 3 aliphatic carbocycles. The number of fused-ring (bicyclic) bond motifs is 3. The number of Topliss-reactive ketones (excluding diaryl/α,β-unsaturated/α-hetero) is 2. The van der Waals surface area contributed by atoms with E-state index in [1.807, 2.05) is 0 Å². The van der Waals surface area contributed by atoms with Gasteiger partial charge in [-0.1, -0.05) is 6.07 Å². The number of amides is 1. The van der Waals surface area contributed by atoms with Gasteiger partial charge in [-0.3, -0.25) is 19.3 Å². The third-order valence-electron chi connectivity index (χ3n) is 8.91. The summed E-state index contributed by atoms with van der Waals surface area (Å²) in [5.74, 6) is -6.82. The number of ether oxygens (including phenoxy) is 1. The summed E-state index contributed by atoms with van der Waals surface area (Å²) in [6.07, 6.45) is 0.169. The second-order valence-electron chi connectivity index (χ2n) is 11.9. The molecule has 0 bridgehead atoms. The number of benzene rings is 2. The summed E-state index contributed by atoms with van der Waals surface area (Å²) in [6.45, 7) is 0.172. The molecule has 13 heteroatoms. The maximum Gasteiger partial charge on any atom is 0.255 e. The predicted molar refractivity (Wildman–Crippen MR) is 161 cm³/mol. The number of aromatic hydroxyl groups is 2. The number of carbonyl (C=O) groups excluding carboxylic acids is 3. The van der Waals surface area contributed by atoms with Crippen molar-refractivity contribution < 1.29 is 44.7 Å². The highest BCUT2D eigenvalue weighted by atomic mass is 16.5. The molecule has 1 fully saturated rings. The first-order valence-corrected chi connectivity index (χ1v) is 14.0. The lowest BCUT2D eigenvalue weighted by atomic mass is 9.57. The van der Waals surface area contributed by atoms with Crippen LogP contribution in [0.2, 0.25) is 0 Å². The second kappa shape index (κ2) is 10.8. The topological polar surface area (TPSA) is 206 Å².